The van der Waals surface area contributed by atoms with Gasteiger partial charge in [0.05, 0.1) is 18.8 Å². The summed E-state index contributed by atoms with van der Waals surface area (Å²) < 4.78 is 12.2. The second-order valence-electron chi connectivity index (χ2n) is 4.93. The van der Waals surface area contributed by atoms with Gasteiger partial charge in [-0.15, -0.1) is 12.5 Å². The summed E-state index contributed by atoms with van der Waals surface area (Å²) in [5.74, 6) is 5.43. The Kier molecular flexibility index (Phi) is 5.52. The number of hydrogen-bond acceptors (Lipinski definition) is 7. The molecule has 1 aromatic rings. The molecule has 0 amide bonds. The molecule has 0 bridgehead atoms. The van der Waals surface area contributed by atoms with Crippen molar-refractivity contribution in [2.75, 3.05) is 18.9 Å². The number of nitrogens with two attached hydrogens (primary N) is 1. The fraction of sp³-hybridized carbons (Fsp3) is 0.467. The fourth-order valence-electron chi connectivity index (χ4n) is 2.35. The SMILES string of the molecule is C=CCOC1C(O)[C@@H](CO)O[C@H]1n1cc(C#CC)c(N)nc1=O. The van der Waals surface area contributed by atoms with Crippen LogP contribution in [0.25, 0.3) is 0 Å². The highest BCUT2D eigenvalue weighted by atomic mass is 16.6. The highest BCUT2D eigenvalue weighted by molar-refractivity contribution is 5.48. The smallest absolute Gasteiger partial charge is 0.351 e. The van der Waals surface area contributed by atoms with Crippen molar-refractivity contribution in [3.63, 3.8) is 0 Å². The monoisotopic (exact) mass is 321 g/mol. The minimum absolute atomic E-state index is 0.0152. The number of aromatic nitrogens is 2. The molecular formula is C15H19N3O5. The van der Waals surface area contributed by atoms with Crippen LogP contribution in [0.15, 0.2) is 23.6 Å². The zero-order valence-electron chi connectivity index (χ0n) is 12.7. The molecule has 8 heteroatoms. The highest BCUT2D eigenvalue weighted by Gasteiger charge is 2.45. The standard InChI is InChI=1S/C15H19N3O5/c1-3-5-9-7-18(15(21)17-13(9)16)14-12(22-6-4-2)11(20)10(8-19)23-14/h4,7,10-12,14,19-20H,2,6,8H2,1H3,(H2,16,17,21)/t10-,11?,12?,14-/m1/s1. The van der Waals surface area contributed by atoms with E-state index >= 15 is 0 Å². The maximum absolute atomic E-state index is 12.1. The van der Waals surface area contributed by atoms with Gasteiger partial charge in [0.15, 0.2) is 6.23 Å². The third kappa shape index (κ3) is 3.43. The molecule has 1 aliphatic heterocycles. The summed E-state index contributed by atoms with van der Waals surface area (Å²) in [4.78, 5) is 15.8. The van der Waals surface area contributed by atoms with Crippen LogP contribution in [0.2, 0.25) is 0 Å². The molecule has 1 saturated heterocycles. The second kappa shape index (κ2) is 7.39. The number of nitrogen functional groups attached to an aromatic ring is 1. The van der Waals surface area contributed by atoms with Gasteiger partial charge in [-0.3, -0.25) is 4.57 Å². The second-order valence-corrected chi connectivity index (χ2v) is 4.93. The summed E-state index contributed by atoms with van der Waals surface area (Å²) in [6.45, 7) is 4.91. The molecule has 4 atom stereocenters. The molecule has 2 rings (SSSR count). The normalized spacial score (nSPS) is 26.6. The molecule has 0 aromatic carbocycles. The van der Waals surface area contributed by atoms with E-state index in [0.717, 1.165) is 4.57 Å². The lowest BCUT2D eigenvalue weighted by Crippen LogP contribution is -2.38. The topological polar surface area (TPSA) is 120 Å². The Hall–Kier alpha value is -2.18. The first-order chi connectivity index (χ1) is 11.0. The van der Waals surface area contributed by atoms with Crippen molar-refractivity contribution in [2.24, 2.45) is 0 Å². The largest absolute Gasteiger partial charge is 0.394 e. The predicted molar refractivity (Wildman–Crippen MR) is 82.4 cm³/mol. The van der Waals surface area contributed by atoms with Gasteiger partial charge in [-0.1, -0.05) is 12.0 Å². The molecule has 0 aliphatic carbocycles. The number of aliphatic hydroxyl groups excluding tert-OH is 2. The zero-order valence-corrected chi connectivity index (χ0v) is 12.7. The van der Waals surface area contributed by atoms with E-state index in [0.29, 0.717) is 5.56 Å². The number of rotatable bonds is 5. The van der Waals surface area contributed by atoms with E-state index in [1.54, 1.807) is 6.92 Å². The third-order valence-electron chi connectivity index (χ3n) is 3.41. The molecule has 1 aromatic heterocycles. The van der Waals surface area contributed by atoms with Gasteiger partial charge in [0, 0.05) is 6.20 Å². The molecule has 1 aliphatic rings. The van der Waals surface area contributed by atoms with Crippen LogP contribution in [0.3, 0.4) is 0 Å². The summed E-state index contributed by atoms with van der Waals surface area (Å²) in [7, 11) is 0. The molecule has 124 valence electrons. The maximum Gasteiger partial charge on any atom is 0.351 e. The lowest BCUT2D eigenvalue weighted by atomic mass is 10.1. The first-order valence-corrected chi connectivity index (χ1v) is 7.01. The van der Waals surface area contributed by atoms with Crippen molar-refractivity contribution < 1.29 is 19.7 Å². The zero-order chi connectivity index (χ0) is 17.0. The molecule has 2 heterocycles. The lowest BCUT2D eigenvalue weighted by molar-refractivity contribution is -0.0685. The van der Waals surface area contributed by atoms with Crippen molar-refractivity contribution >= 4 is 5.82 Å². The van der Waals surface area contributed by atoms with Gasteiger partial charge >= 0.3 is 5.69 Å². The summed E-state index contributed by atoms with van der Waals surface area (Å²) in [6.07, 6.45) is -0.887. The number of nitrogens with zero attached hydrogens (tertiary/aromatic N) is 2. The minimum Gasteiger partial charge on any atom is -0.394 e. The van der Waals surface area contributed by atoms with Crippen LogP contribution in [0.1, 0.15) is 18.7 Å². The Balaban J connectivity index is 2.44. The van der Waals surface area contributed by atoms with E-state index in [2.05, 4.69) is 23.4 Å². The van der Waals surface area contributed by atoms with Gasteiger partial charge in [0.2, 0.25) is 0 Å². The van der Waals surface area contributed by atoms with E-state index in [1.807, 2.05) is 0 Å². The first-order valence-electron chi connectivity index (χ1n) is 7.01. The maximum atomic E-state index is 12.1. The lowest BCUT2D eigenvalue weighted by Gasteiger charge is -2.22. The van der Waals surface area contributed by atoms with Crippen LogP contribution in [0, 0.1) is 11.8 Å². The molecule has 23 heavy (non-hydrogen) atoms. The molecule has 0 radical (unpaired) electrons. The van der Waals surface area contributed by atoms with Crippen molar-refractivity contribution in [3.05, 3.63) is 34.9 Å². The highest BCUT2D eigenvalue weighted by Crippen LogP contribution is 2.31. The molecular weight excluding hydrogens is 302 g/mol. The first kappa shape index (κ1) is 17.2. The van der Waals surface area contributed by atoms with Gasteiger partial charge in [-0.05, 0) is 6.92 Å². The van der Waals surface area contributed by atoms with Gasteiger partial charge < -0.3 is 25.4 Å². The molecule has 0 spiro atoms. The Morgan fingerprint density at radius 1 is 1.65 bits per heavy atom. The van der Waals surface area contributed by atoms with Crippen LogP contribution in [-0.2, 0) is 9.47 Å². The molecule has 1 fully saturated rings. The van der Waals surface area contributed by atoms with Crippen LogP contribution in [0.5, 0.6) is 0 Å². The van der Waals surface area contributed by atoms with Crippen LogP contribution in [-0.4, -0.2) is 51.3 Å². The van der Waals surface area contributed by atoms with E-state index in [4.69, 9.17) is 15.2 Å². The number of aliphatic hydroxyl groups is 2. The summed E-state index contributed by atoms with van der Waals surface area (Å²) in [6, 6.07) is 0. The Morgan fingerprint density at radius 2 is 2.39 bits per heavy atom. The van der Waals surface area contributed by atoms with Gasteiger partial charge in [0.25, 0.3) is 0 Å². The average molecular weight is 321 g/mol. The van der Waals surface area contributed by atoms with Crippen LogP contribution in [0.4, 0.5) is 5.82 Å². The van der Waals surface area contributed by atoms with Crippen molar-refractivity contribution in [2.45, 2.75) is 31.5 Å². The minimum atomic E-state index is -1.10. The van der Waals surface area contributed by atoms with E-state index in [9.17, 15) is 15.0 Å². The molecule has 2 unspecified atom stereocenters. The number of anilines is 1. The molecule has 0 saturated carbocycles. The Morgan fingerprint density at radius 3 is 3.00 bits per heavy atom. The van der Waals surface area contributed by atoms with Gasteiger partial charge in [-0.2, -0.15) is 4.98 Å². The molecule has 4 N–H and O–H groups in total. The van der Waals surface area contributed by atoms with Crippen LogP contribution >= 0.6 is 0 Å². The quantitative estimate of drug-likeness (QED) is 0.471. The van der Waals surface area contributed by atoms with Crippen molar-refractivity contribution in [1.82, 2.24) is 9.55 Å². The fourth-order valence-corrected chi connectivity index (χ4v) is 2.35. The predicted octanol–water partition coefficient (Wildman–Crippen LogP) is -0.981. The number of hydrogen-bond donors (Lipinski definition) is 3. The summed E-state index contributed by atoms with van der Waals surface area (Å²) in [5, 5.41) is 19.5. The van der Waals surface area contributed by atoms with Crippen molar-refractivity contribution in [1.29, 1.82) is 0 Å². The number of ether oxygens (including phenoxy) is 2. The Labute approximate surface area is 133 Å². The average Bonchev–Trinajstić information content (AvgIpc) is 2.84. The van der Waals surface area contributed by atoms with Gasteiger partial charge in [0.1, 0.15) is 24.1 Å². The van der Waals surface area contributed by atoms with Crippen molar-refractivity contribution in [3.8, 4) is 11.8 Å². The van der Waals surface area contributed by atoms with E-state index in [-0.39, 0.29) is 12.4 Å². The van der Waals surface area contributed by atoms with Crippen LogP contribution < -0.4 is 11.4 Å². The summed E-state index contributed by atoms with van der Waals surface area (Å²) in [5.41, 5.74) is 5.37. The van der Waals surface area contributed by atoms with E-state index in [1.165, 1.54) is 12.3 Å². The van der Waals surface area contributed by atoms with Gasteiger partial charge in [-0.25, -0.2) is 4.79 Å². The third-order valence-corrected chi connectivity index (χ3v) is 3.41. The Bertz CT molecular complexity index is 691. The van der Waals surface area contributed by atoms with E-state index < -0.39 is 36.8 Å². The molecule has 8 nitrogen and oxygen atoms in total. The summed E-state index contributed by atoms with van der Waals surface area (Å²) >= 11 is 0.